The number of rotatable bonds is 4. The molecule has 1 saturated heterocycles. The SMILES string of the molecule is CC(C)(C)[Si](C)(C)OC[C@H]1O[C@@H](n2cnc3c(Cl)ncnc32)C[C@H](O)[C@H](O)[C@@H]1O. The monoisotopic (exact) mass is 444 g/mol. The van der Waals surface area contributed by atoms with Crippen LogP contribution in [0.5, 0.6) is 0 Å². The zero-order valence-electron chi connectivity index (χ0n) is 17.3. The maximum atomic E-state index is 10.6. The molecule has 0 saturated carbocycles. The number of aromatic nitrogens is 4. The van der Waals surface area contributed by atoms with Gasteiger partial charge in [-0.2, -0.15) is 0 Å². The molecule has 162 valence electrons. The topological polar surface area (TPSA) is 123 Å². The van der Waals surface area contributed by atoms with Crippen LogP contribution < -0.4 is 0 Å². The molecule has 3 rings (SSSR count). The van der Waals surface area contributed by atoms with Gasteiger partial charge >= 0.3 is 0 Å². The molecular weight excluding hydrogens is 416 g/mol. The summed E-state index contributed by atoms with van der Waals surface area (Å²) in [4.78, 5) is 12.3. The number of halogens is 1. The molecule has 5 atom stereocenters. The molecule has 0 amide bonds. The van der Waals surface area contributed by atoms with E-state index in [1.807, 2.05) is 0 Å². The molecular formula is C18H29ClN4O5Si. The van der Waals surface area contributed by atoms with Gasteiger partial charge in [0, 0.05) is 6.42 Å². The van der Waals surface area contributed by atoms with E-state index >= 15 is 0 Å². The van der Waals surface area contributed by atoms with E-state index in [0.29, 0.717) is 11.2 Å². The molecule has 0 aliphatic carbocycles. The molecule has 2 aromatic rings. The highest BCUT2D eigenvalue weighted by molar-refractivity contribution is 6.74. The molecule has 0 bridgehead atoms. The Morgan fingerprint density at radius 1 is 1.21 bits per heavy atom. The second kappa shape index (κ2) is 8.18. The smallest absolute Gasteiger partial charge is 0.192 e. The molecule has 3 heterocycles. The van der Waals surface area contributed by atoms with Crippen LogP contribution in [0.2, 0.25) is 23.3 Å². The minimum absolute atomic E-state index is 0.0194. The van der Waals surface area contributed by atoms with Gasteiger partial charge in [-0.25, -0.2) is 15.0 Å². The van der Waals surface area contributed by atoms with Crippen LogP contribution in [0.4, 0.5) is 0 Å². The molecule has 2 aromatic heterocycles. The number of aliphatic hydroxyl groups excluding tert-OH is 3. The fourth-order valence-corrected chi connectivity index (χ4v) is 4.18. The molecule has 9 nitrogen and oxygen atoms in total. The standard InChI is InChI=1S/C18H29ClN4O5Si/c1-18(2,3)29(4,5)27-7-11-15(26)14(25)10(24)6-12(28-11)23-9-22-13-16(19)20-8-21-17(13)23/h8-12,14-15,24-26H,6-7H2,1-5H3/t10-,11+,12+,14-,15+/m0/s1. The highest BCUT2D eigenvalue weighted by atomic mass is 35.5. The molecule has 0 aromatic carbocycles. The first kappa shape index (κ1) is 22.5. The van der Waals surface area contributed by atoms with E-state index in [-0.39, 0.29) is 23.2 Å². The highest BCUT2D eigenvalue weighted by Gasteiger charge is 2.43. The van der Waals surface area contributed by atoms with Crippen LogP contribution in [0, 0.1) is 0 Å². The second-order valence-electron chi connectivity index (χ2n) is 8.97. The van der Waals surface area contributed by atoms with E-state index in [1.165, 1.54) is 12.7 Å². The average molecular weight is 445 g/mol. The first-order chi connectivity index (χ1) is 13.4. The van der Waals surface area contributed by atoms with E-state index in [1.54, 1.807) is 4.57 Å². The summed E-state index contributed by atoms with van der Waals surface area (Å²) in [5, 5.41) is 31.5. The van der Waals surface area contributed by atoms with Gasteiger partial charge in [0.2, 0.25) is 0 Å². The lowest BCUT2D eigenvalue weighted by Gasteiger charge is -2.38. The van der Waals surface area contributed by atoms with Gasteiger partial charge in [0.1, 0.15) is 36.4 Å². The Balaban J connectivity index is 1.88. The average Bonchev–Trinajstić information content (AvgIpc) is 3.03. The van der Waals surface area contributed by atoms with Gasteiger partial charge in [-0.15, -0.1) is 0 Å². The van der Waals surface area contributed by atoms with Crippen LogP contribution in [-0.4, -0.2) is 74.2 Å². The molecule has 0 radical (unpaired) electrons. The maximum Gasteiger partial charge on any atom is 0.192 e. The van der Waals surface area contributed by atoms with E-state index in [4.69, 9.17) is 20.8 Å². The summed E-state index contributed by atoms with van der Waals surface area (Å²) < 4.78 is 13.9. The van der Waals surface area contributed by atoms with Crippen molar-refractivity contribution in [2.75, 3.05) is 6.61 Å². The third kappa shape index (κ3) is 4.48. The maximum absolute atomic E-state index is 10.6. The largest absolute Gasteiger partial charge is 0.414 e. The third-order valence-corrected chi connectivity index (χ3v) is 10.7. The molecule has 0 unspecified atom stereocenters. The van der Waals surface area contributed by atoms with E-state index in [9.17, 15) is 15.3 Å². The molecule has 0 spiro atoms. The highest BCUT2D eigenvalue weighted by Crippen LogP contribution is 2.37. The molecule has 1 fully saturated rings. The fraction of sp³-hybridized carbons (Fsp3) is 0.722. The fourth-order valence-electron chi connectivity index (χ4n) is 2.99. The van der Waals surface area contributed by atoms with Crippen molar-refractivity contribution >= 4 is 31.1 Å². The summed E-state index contributed by atoms with van der Waals surface area (Å²) in [5.74, 6) is 0. The predicted molar refractivity (Wildman–Crippen MR) is 110 cm³/mol. The van der Waals surface area contributed by atoms with Crippen molar-refractivity contribution in [3.05, 3.63) is 17.8 Å². The van der Waals surface area contributed by atoms with Crippen LogP contribution in [-0.2, 0) is 9.16 Å². The Bertz CT molecular complexity index is 858. The number of ether oxygens (including phenoxy) is 1. The normalized spacial score (nSPS) is 29.2. The predicted octanol–water partition coefficient (Wildman–Crippen LogP) is 1.87. The molecule has 29 heavy (non-hydrogen) atoms. The first-order valence-electron chi connectivity index (χ1n) is 9.59. The molecule has 1 aliphatic heterocycles. The van der Waals surface area contributed by atoms with Crippen LogP contribution in [0.3, 0.4) is 0 Å². The van der Waals surface area contributed by atoms with Crippen LogP contribution >= 0.6 is 11.6 Å². The lowest BCUT2D eigenvalue weighted by Crippen LogP contribution is -2.48. The minimum Gasteiger partial charge on any atom is -0.414 e. The van der Waals surface area contributed by atoms with Gasteiger partial charge in [-0.3, -0.25) is 4.57 Å². The van der Waals surface area contributed by atoms with Gasteiger partial charge in [0.05, 0.1) is 19.0 Å². The van der Waals surface area contributed by atoms with Gasteiger partial charge < -0.3 is 24.5 Å². The summed E-state index contributed by atoms with van der Waals surface area (Å²) in [6.07, 6.45) is -2.55. The summed E-state index contributed by atoms with van der Waals surface area (Å²) in [6.45, 7) is 10.6. The van der Waals surface area contributed by atoms with Crippen molar-refractivity contribution in [1.82, 2.24) is 19.5 Å². The Hall–Kier alpha value is -1.14. The lowest BCUT2D eigenvalue weighted by atomic mass is 10.0. The van der Waals surface area contributed by atoms with Crippen LogP contribution in [0.15, 0.2) is 12.7 Å². The summed E-state index contributed by atoms with van der Waals surface area (Å²) >= 11 is 6.08. The van der Waals surface area contributed by atoms with Crippen LogP contribution in [0.1, 0.15) is 33.4 Å². The second-order valence-corrected chi connectivity index (χ2v) is 14.1. The van der Waals surface area contributed by atoms with Crippen LogP contribution in [0.25, 0.3) is 11.2 Å². The van der Waals surface area contributed by atoms with E-state index in [2.05, 4.69) is 48.8 Å². The number of hydrogen-bond acceptors (Lipinski definition) is 8. The Morgan fingerprint density at radius 3 is 2.55 bits per heavy atom. The minimum atomic E-state index is -2.11. The molecule has 3 N–H and O–H groups in total. The van der Waals surface area contributed by atoms with Crippen molar-refractivity contribution in [1.29, 1.82) is 0 Å². The van der Waals surface area contributed by atoms with E-state index in [0.717, 1.165) is 0 Å². The number of hydrogen-bond donors (Lipinski definition) is 3. The zero-order valence-corrected chi connectivity index (χ0v) is 19.0. The van der Waals surface area contributed by atoms with Gasteiger partial charge in [-0.1, -0.05) is 32.4 Å². The van der Waals surface area contributed by atoms with Crippen molar-refractivity contribution in [2.24, 2.45) is 0 Å². The first-order valence-corrected chi connectivity index (χ1v) is 12.9. The molecule has 1 aliphatic rings. The number of imidazole rings is 1. The lowest BCUT2D eigenvalue weighted by molar-refractivity contribution is -0.129. The van der Waals surface area contributed by atoms with Crippen molar-refractivity contribution < 1.29 is 24.5 Å². The van der Waals surface area contributed by atoms with Gasteiger partial charge in [0.25, 0.3) is 0 Å². The van der Waals surface area contributed by atoms with Gasteiger partial charge in [0.15, 0.2) is 19.1 Å². The molecule has 11 heteroatoms. The Kier molecular flexibility index (Phi) is 6.36. The van der Waals surface area contributed by atoms with Gasteiger partial charge in [-0.05, 0) is 18.1 Å². The zero-order chi connectivity index (χ0) is 21.6. The van der Waals surface area contributed by atoms with Crippen molar-refractivity contribution in [3.8, 4) is 0 Å². The quantitative estimate of drug-likeness (QED) is 0.482. The van der Waals surface area contributed by atoms with Crippen molar-refractivity contribution in [3.63, 3.8) is 0 Å². The summed E-state index contributed by atoms with van der Waals surface area (Å²) in [7, 11) is -2.11. The van der Waals surface area contributed by atoms with E-state index < -0.39 is 39.0 Å². The summed E-state index contributed by atoms with van der Waals surface area (Å²) in [6, 6.07) is 0. The number of aliphatic hydroxyl groups is 3. The Labute approximate surface area is 175 Å². The number of fused-ring (bicyclic) bond motifs is 1. The number of nitrogens with zero attached hydrogens (tertiary/aromatic N) is 4. The summed E-state index contributed by atoms with van der Waals surface area (Å²) in [5.41, 5.74) is 0.851. The third-order valence-electron chi connectivity index (χ3n) is 5.94. The van der Waals surface area contributed by atoms with Crippen molar-refractivity contribution in [2.45, 2.75) is 76.0 Å². The Morgan fingerprint density at radius 2 is 1.90 bits per heavy atom.